The Morgan fingerprint density at radius 2 is 1.93 bits per heavy atom. The normalized spacial score (nSPS) is 16.3. The molecular weight excluding hydrogens is 413 g/mol. The number of nitrogens with zero attached hydrogens (tertiary/aromatic N) is 4. The van der Waals surface area contributed by atoms with Crippen LogP contribution < -0.4 is 10.2 Å². The Balaban J connectivity index is 1.38. The van der Waals surface area contributed by atoms with E-state index in [1.807, 2.05) is 24.3 Å². The van der Waals surface area contributed by atoms with Crippen molar-refractivity contribution in [2.45, 2.75) is 13.0 Å². The van der Waals surface area contributed by atoms with E-state index >= 15 is 0 Å². The fourth-order valence-electron chi connectivity index (χ4n) is 3.22. The molecule has 1 N–H and O–H groups in total. The first kappa shape index (κ1) is 19.4. The first-order valence-corrected chi connectivity index (χ1v) is 9.73. The molecule has 0 spiro atoms. The summed E-state index contributed by atoms with van der Waals surface area (Å²) in [5.74, 6) is -0.747. The van der Waals surface area contributed by atoms with Crippen LogP contribution in [0.4, 0.5) is 11.4 Å². The number of hydrogen-bond acceptors (Lipinski definition) is 4. The van der Waals surface area contributed by atoms with E-state index in [0.717, 1.165) is 5.56 Å². The van der Waals surface area contributed by atoms with Crippen LogP contribution >= 0.6 is 23.2 Å². The van der Waals surface area contributed by atoms with Gasteiger partial charge in [0.2, 0.25) is 11.8 Å². The van der Waals surface area contributed by atoms with Gasteiger partial charge in [-0.05, 0) is 35.9 Å². The second-order valence-electron chi connectivity index (χ2n) is 6.78. The van der Waals surface area contributed by atoms with E-state index < -0.39 is 5.92 Å². The van der Waals surface area contributed by atoms with E-state index in [2.05, 4.69) is 15.4 Å². The van der Waals surface area contributed by atoms with Crippen LogP contribution in [0.2, 0.25) is 10.0 Å². The predicted molar refractivity (Wildman–Crippen MR) is 111 cm³/mol. The zero-order valence-electron chi connectivity index (χ0n) is 15.3. The van der Waals surface area contributed by atoms with Gasteiger partial charge in [-0.15, -0.1) is 0 Å². The molecule has 1 atom stereocenters. The molecule has 0 saturated carbocycles. The van der Waals surface area contributed by atoms with Crippen LogP contribution in [-0.2, 0) is 16.1 Å². The number of halogens is 2. The minimum atomic E-state index is -0.438. The number of benzene rings is 2. The van der Waals surface area contributed by atoms with Gasteiger partial charge in [-0.2, -0.15) is 5.10 Å². The van der Waals surface area contributed by atoms with Gasteiger partial charge in [-0.1, -0.05) is 35.3 Å². The average Bonchev–Trinajstić information content (AvgIpc) is 3.35. The third-order valence-corrected chi connectivity index (χ3v) is 5.48. The van der Waals surface area contributed by atoms with Gasteiger partial charge in [0.25, 0.3) is 0 Å². The monoisotopic (exact) mass is 429 g/mol. The SMILES string of the molecule is O=C(Nc1ccc(Cn2cncn2)cc1)C1CC(=O)N(c2ccc(Cl)c(Cl)c2)C1. The summed E-state index contributed by atoms with van der Waals surface area (Å²) in [4.78, 5) is 30.5. The Kier molecular flexibility index (Phi) is 5.51. The Bertz CT molecular complexity index is 1040. The molecule has 2 amide bonds. The standard InChI is InChI=1S/C20H17Cl2N5O2/c21-17-6-5-16(8-18(17)22)27-10-14(7-19(27)28)20(29)25-15-3-1-13(2-4-15)9-26-12-23-11-24-26/h1-6,8,11-12,14H,7,9-10H2,(H,25,29). The van der Waals surface area contributed by atoms with Crippen molar-refractivity contribution in [3.63, 3.8) is 0 Å². The zero-order valence-corrected chi connectivity index (χ0v) is 16.8. The van der Waals surface area contributed by atoms with Crippen molar-refractivity contribution < 1.29 is 9.59 Å². The molecule has 148 valence electrons. The smallest absolute Gasteiger partial charge is 0.229 e. The number of amides is 2. The Hall–Kier alpha value is -2.90. The maximum Gasteiger partial charge on any atom is 0.229 e. The molecule has 1 aliphatic heterocycles. The lowest BCUT2D eigenvalue weighted by Crippen LogP contribution is -2.28. The van der Waals surface area contributed by atoms with E-state index in [4.69, 9.17) is 23.2 Å². The van der Waals surface area contributed by atoms with Crippen LogP contribution in [0.25, 0.3) is 0 Å². The minimum Gasteiger partial charge on any atom is -0.326 e. The Labute approximate surface area is 177 Å². The third kappa shape index (κ3) is 4.41. The number of carbonyl (C=O) groups is 2. The maximum absolute atomic E-state index is 12.6. The quantitative estimate of drug-likeness (QED) is 0.671. The van der Waals surface area contributed by atoms with Gasteiger partial charge in [-0.25, -0.2) is 9.67 Å². The van der Waals surface area contributed by atoms with Gasteiger partial charge >= 0.3 is 0 Å². The van der Waals surface area contributed by atoms with Crippen LogP contribution in [0, 0.1) is 5.92 Å². The van der Waals surface area contributed by atoms with Crippen LogP contribution in [0.15, 0.2) is 55.1 Å². The van der Waals surface area contributed by atoms with Crippen LogP contribution in [-0.4, -0.2) is 33.1 Å². The van der Waals surface area contributed by atoms with E-state index in [1.165, 1.54) is 6.33 Å². The highest BCUT2D eigenvalue weighted by atomic mass is 35.5. The highest BCUT2D eigenvalue weighted by Crippen LogP contribution is 2.31. The van der Waals surface area contributed by atoms with Gasteiger partial charge in [0, 0.05) is 24.3 Å². The molecule has 7 nitrogen and oxygen atoms in total. The summed E-state index contributed by atoms with van der Waals surface area (Å²) in [5, 5.41) is 7.74. The molecule has 3 aromatic rings. The summed E-state index contributed by atoms with van der Waals surface area (Å²) < 4.78 is 1.72. The number of rotatable bonds is 5. The van der Waals surface area contributed by atoms with Gasteiger partial charge in [0.15, 0.2) is 0 Å². The minimum absolute atomic E-state index is 0.119. The fourth-order valence-corrected chi connectivity index (χ4v) is 3.52. The molecule has 4 rings (SSSR count). The number of carbonyl (C=O) groups excluding carboxylic acids is 2. The summed E-state index contributed by atoms with van der Waals surface area (Å²) >= 11 is 12.0. The highest BCUT2D eigenvalue weighted by molar-refractivity contribution is 6.42. The molecule has 2 aromatic carbocycles. The van der Waals surface area contributed by atoms with Crippen LogP contribution in [0.3, 0.4) is 0 Å². The van der Waals surface area contributed by atoms with Gasteiger partial charge in [0.1, 0.15) is 12.7 Å². The number of nitrogens with one attached hydrogen (secondary N) is 1. The molecule has 0 aliphatic carbocycles. The molecule has 29 heavy (non-hydrogen) atoms. The molecule has 0 radical (unpaired) electrons. The second-order valence-corrected chi connectivity index (χ2v) is 7.60. The summed E-state index contributed by atoms with van der Waals surface area (Å²) in [6.45, 7) is 0.900. The molecule has 1 aromatic heterocycles. The van der Waals surface area contributed by atoms with Crippen molar-refractivity contribution in [1.29, 1.82) is 0 Å². The van der Waals surface area contributed by atoms with Crippen molar-refractivity contribution in [3.05, 3.63) is 70.7 Å². The largest absolute Gasteiger partial charge is 0.326 e. The Morgan fingerprint density at radius 3 is 2.62 bits per heavy atom. The predicted octanol–water partition coefficient (Wildman–Crippen LogP) is 3.62. The molecule has 1 unspecified atom stereocenters. The van der Waals surface area contributed by atoms with Gasteiger partial charge in [0.05, 0.1) is 22.5 Å². The van der Waals surface area contributed by atoms with Crippen molar-refractivity contribution in [2.24, 2.45) is 5.92 Å². The lowest BCUT2D eigenvalue weighted by atomic mass is 10.1. The molecule has 1 saturated heterocycles. The second kappa shape index (κ2) is 8.23. The summed E-state index contributed by atoms with van der Waals surface area (Å²) in [5.41, 5.74) is 2.35. The molecular formula is C20H17Cl2N5O2. The summed E-state index contributed by atoms with van der Waals surface area (Å²) in [7, 11) is 0. The van der Waals surface area contributed by atoms with Crippen molar-refractivity contribution in [3.8, 4) is 0 Å². The first-order valence-electron chi connectivity index (χ1n) is 8.97. The lowest BCUT2D eigenvalue weighted by molar-refractivity contribution is -0.122. The van der Waals surface area contributed by atoms with Gasteiger partial charge in [-0.3, -0.25) is 9.59 Å². The van der Waals surface area contributed by atoms with Gasteiger partial charge < -0.3 is 10.2 Å². The number of hydrogen-bond donors (Lipinski definition) is 1. The maximum atomic E-state index is 12.6. The van der Waals surface area contributed by atoms with Crippen LogP contribution in [0.1, 0.15) is 12.0 Å². The van der Waals surface area contributed by atoms with Crippen molar-refractivity contribution in [2.75, 3.05) is 16.8 Å². The first-order chi connectivity index (χ1) is 14.0. The van der Waals surface area contributed by atoms with Crippen molar-refractivity contribution in [1.82, 2.24) is 14.8 Å². The lowest BCUT2D eigenvalue weighted by Gasteiger charge is -2.17. The third-order valence-electron chi connectivity index (χ3n) is 4.74. The number of anilines is 2. The molecule has 1 aliphatic rings. The van der Waals surface area contributed by atoms with E-state index in [-0.39, 0.29) is 18.2 Å². The summed E-state index contributed by atoms with van der Waals surface area (Å²) in [6, 6.07) is 12.5. The fraction of sp³-hybridized carbons (Fsp3) is 0.200. The molecule has 9 heteroatoms. The van der Waals surface area contributed by atoms with Crippen molar-refractivity contribution >= 4 is 46.4 Å². The van der Waals surface area contributed by atoms with E-state index in [1.54, 1.807) is 34.1 Å². The van der Waals surface area contributed by atoms with E-state index in [9.17, 15) is 9.59 Å². The van der Waals surface area contributed by atoms with Crippen LogP contribution in [0.5, 0.6) is 0 Å². The Morgan fingerprint density at radius 1 is 1.14 bits per heavy atom. The highest BCUT2D eigenvalue weighted by Gasteiger charge is 2.35. The van der Waals surface area contributed by atoms with E-state index in [0.29, 0.717) is 34.5 Å². The topological polar surface area (TPSA) is 80.1 Å². The molecule has 0 bridgehead atoms. The average molecular weight is 430 g/mol. The molecule has 2 heterocycles. The number of aromatic nitrogens is 3. The summed E-state index contributed by atoms with van der Waals surface area (Å²) in [6.07, 6.45) is 3.28. The zero-order chi connectivity index (χ0) is 20.4. The molecule has 1 fully saturated rings.